The molecule has 2 fully saturated rings. The van der Waals surface area contributed by atoms with Gasteiger partial charge in [-0.05, 0) is 62.4 Å². The fourth-order valence-corrected chi connectivity index (χ4v) is 3.82. The Morgan fingerprint density at radius 3 is 2.34 bits per heavy atom. The number of rotatable bonds is 5. The molecule has 0 aromatic heterocycles. The number of anilines is 2. The molecule has 2 aromatic rings. The van der Waals surface area contributed by atoms with Crippen LogP contribution in [0.3, 0.4) is 0 Å². The Kier molecular flexibility index (Phi) is 5.81. The molecule has 0 atom stereocenters. The summed E-state index contributed by atoms with van der Waals surface area (Å²) in [6, 6.07) is 15.5. The van der Waals surface area contributed by atoms with E-state index < -0.39 is 0 Å². The first-order valence-electron chi connectivity index (χ1n) is 10.4. The maximum atomic E-state index is 12.5. The molecule has 0 bridgehead atoms. The summed E-state index contributed by atoms with van der Waals surface area (Å²) in [7, 11) is 0. The van der Waals surface area contributed by atoms with Crippen molar-refractivity contribution >= 4 is 23.3 Å². The fourth-order valence-electron chi connectivity index (χ4n) is 3.82. The average Bonchev–Trinajstić information content (AvgIpc) is 3.56. The van der Waals surface area contributed by atoms with Gasteiger partial charge in [0.25, 0.3) is 5.91 Å². The molecule has 2 aliphatic rings. The number of hydrogen-bond acceptors (Lipinski definition) is 3. The standard InChI is InChI=1S/C23H28N4O2/c1-16-7-8-17(22(28)24-18-5-3-2-4-6-18)15-21(16)26-23(29)25-19-11-13-27(14-12-19)20-9-10-20/h2-8,15,19-20H,9-14H2,1H3,(H,24,28)(H2,25,26,29). The molecule has 3 amide bonds. The lowest BCUT2D eigenvalue weighted by molar-refractivity contribution is 0.102. The van der Waals surface area contributed by atoms with E-state index in [1.165, 1.54) is 12.8 Å². The van der Waals surface area contributed by atoms with E-state index in [4.69, 9.17) is 0 Å². The second-order valence-electron chi connectivity index (χ2n) is 7.99. The lowest BCUT2D eigenvalue weighted by atomic mass is 10.1. The van der Waals surface area contributed by atoms with Gasteiger partial charge in [-0.2, -0.15) is 0 Å². The molecule has 1 saturated carbocycles. The van der Waals surface area contributed by atoms with E-state index in [0.717, 1.165) is 43.2 Å². The molecule has 3 N–H and O–H groups in total. The van der Waals surface area contributed by atoms with Crippen LogP contribution in [0, 0.1) is 6.92 Å². The number of urea groups is 1. The highest BCUT2D eigenvalue weighted by Crippen LogP contribution is 2.29. The molecule has 0 spiro atoms. The summed E-state index contributed by atoms with van der Waals surface area (Å²) < 4.78 is 0. The van der Waals surface area contributed by atoms with Gasteiger partial charge in [0.05, 0.1) is 0 Å². The molecule has 6 nitrogen and oxygen atoms in total. The molecular formula is C23H28N4O2. The highest BCUT2D eigenvalue weighted by atomic mass is 16.2. The maximum absolute atomic E-state index is 12.5. The number of nitrogens with zero attached hydrogens (tertiary/aromatic N) is 1. The minimum absolute atomic E-state index is 0.202. The zero-order valence-corrected chi connectivity index (χ0v) is 16.8. The number of aryl methyl sites for hydroxylation is 1. The molecule has 1 aliphatic heterocycles. The zero-order chi connectivity index (χ0) is 20.2. The number of piperidine rings is 1. The van der Waals surface area contributed by atoms with Crippen molar-refractivity contribution in [2.75, 3.05) is 23.7 Å². The average molecular weight is 393 g/mol. The van der Waals surface area contributed by atoms with Gasteiger partial charge in [0, 0.05) is 42.1 Å². The Hall–Kier alpha value is -2.86. The van der Waals surface area contributed by atoms with Gasteiger partial charge in [-0.15, -0.1) is 0 Å². The van der Waals surface area contributed by atoms with Crippen LogP contribution in [0.4, 0.5) is 16.2 Å². The van der Waals surface area contributed by atoms with Crippen LogP contribution in [0.1, 0.15) is 41.6 Å². The summed E-state index contributed by atoms with van der Waals surface area (Å²) in [5.41, 5.74) is 2.81. The van der Waals surface area contributed by atoms with Crippen molar-refractivity contribution in [1.82, 2.24) is 10.2 Å². The maximum Gasteiger partial charge on any atom is 0.319 e. The van der Waals surface area contributed by atoms with Crippen LogP contribution in [0.15, 0.2) is 48.5 Å². The van der Waals surface area contributed by atoms with Crippen molar-refractivity contribution in [3.8, 4) is 0 Å². The first-order chi connectivity index (χ1) is 14.1. The number of amides is 3. The van der Waals surface area contributed by atoms with Gasteiger partial charge in [-0.25, -0.2) is 4.79 Å². The lowest BCUT2D eigenvalue weighted by Gasteiger charge is -2.32. The van der Waals surface area contributed by atoms with Crippen LogP contribution in [0.5, 0.6) is 0 Å². The second-order valence-corrected chi connectivity index (χ2v) is 7.99. The van der Waals surface area contributed by atoms with Crippen LogP contribution in [0.25, 0.3) is 0 Å². The highest BCUT2D eigenvalue weighted by Gasteiger charge is 2.32. The zero-order valence-electron chi connectivity index (χ0n) is 16.8. The summed E-state index contributed by atoms with van der Waals surface area (Å²) in [6.45, 7) is 4.04. The third kappa shape index (κ3) is 5.15. The van der Waals surface area contributed by atoms with E-state index in [9.17, 15) is 9.59 Å². The quantitative estimate of drug-likeness (QED) is 0.720. The van der Waals surface area contributed by atoms with E-state index in [1.807, 2.05) is 43.3 Å². The van der Waals surface area contributed by atoms with Gasteiger partial charge >= 0.3 is 6.03 Å². The summed E-state index contributed by atoms with van der Waals surface area (Å²) >= 11 is 0. The third-order valence-electron chi connectivity index (χ3n) is 5.71. The number of benzene rings is 2. The number of carbonyl (C=O) groups is 2. The molecule has 0 unspecified atom stereocenters. The molecule has 1 aliphatic carbocycles. The minimum Gasteiger partial charge on any atom is -0.335 e. The fraction of sp³-hybridized carbons (Fsp3) is 0.391. The predicted octanol–water partition coefficient (Wildman–Crippen LogP) is 4.00. The normalized spacial score (nSPS) is 17.6. The summed E-state index contributed by atoms with van der Waals surface area (Å²) in [6.07, 6.45) is 4.63. The van der Waals surface area contributed by atoms with Gasteiger partial charge in [0.15, 0.2) is 0 Å². The molecule has 4 rings (SSSR count). The SMILES string of the molecule is Cc1ccc(C(=O)Nc2ccccc2)cc1NC(=O)NC1CCN(C2CC2)CC1. The summed E-state index contributed by atoms with van der Waals surface area (Å²) in [5.74, 6) is -0.202. The topological polar surface area (TPSA) is 73.5 Å². The van der Waals surface area contributed by atoms with E-state index in [-0.39, 0.29) is 18.0 Å². The molecule has 1 heterocycles. The van der Waals surface area contributed by atoms with E-state index in [2.05, 4.69) is 20.9 Å². The minimum atomic E-state index is -0.210. The van der Waals surface area contributed by atoms with Crippen LogP contribution in [-0.2, 0) is 0 Å². The van der Waals surface area contributed by atoms with E-state index >= 15 is 0 Å². The monoisotopic (exact) mass is 392 g/mol. The Bertz CT molecular complexity index is 872. The number of likely N-dealkylation sites (tertiary alicyclic amines) is 1. The molecule has 6 heteroatoms. The van der Waals surface area contributed by atoms with Crippen LogP contribution in [-0.4, -0.2) is 42.0 Å². The molecular weight excluding hydrogens is 364 g/mol. The first-order valence-corrected chi connectivity index (χ1v) is 10.4. The smallest absolute Gasteiger partial charge is 0.319 e. The first kappa shape index (κ1) is 19.5. The Balaban J connectivity index is 1.33. The number of carbonyl (C=O) groups excluding carboxylic acids is 2. The van der Waals surface area contributed by atoms with Gasteiger partial charge in [-0.1, -0.05) is 24.3 Å². The van der Waals surface area contributed by atoms with E-state index in [0.29, 0.717) is 11.3 Å². The third-order valence-corrected chi connectivity index (χ3v) is 5.71. The lowest BCUT2D eigenvalue weighted by Crippen LogP contribution is -2.46. The summed E-state index contributed by atoms with van der Waals surface area (Å²) in [5, 5.41) is 8.88. The van der Waals surface area contributed by atoms with Crippen molar-refractivity contribution in [3.05, 3.63) is 59.7 Å². The second kappa shape index (κ2) is 8.66. The van der Waals surface area contributed by atoms with Gasteiger partial charge in [0.2, 0.25) is 0 Å². The Morgan fingerprint density at radius 1 is 0.931 bits per heavy atom. The number of hydrogen-bond donors (Lipinski definition) is 3. The van der Waals surface area contributed by atoms with Crippen LogP contribution in [0.2, 0.25) is 0 Å². The van der Waals surface area contributed by atoms with Crippen molar-refractivity contribution in [2.24, 2.45) is 0 Å². The van der Waals surface area contributed by atoms with Crippen molar-refractivity contribution < 1.29 is 9.59 Å². The molecule has 2 aromatic carbocycles. The molecule has 0 radical (unpaired) electrons. The predicted molar refractivity (Wildman–Crippen MR) is 115 cm³/mol. The number of para-hydroxylation sites is 1. The summed E-state index contributed by atoms with van der Waals surface area (Å²) in [4.78, 5) is 27.6. The number of nitrogens with one attached hydrogen (secondary N) is 3. The van der Waals surface area contributed by atoms with Crippen LogP contribution >= 0.6 is 0 Å². The molecule has 1 saturated heterocycles. The van der Waals surface area contributed by atoms with Crippen molar-refractivity contribution in [2.45, 2.75) is 44.7 Å². The highest BCUT2D eigenvalue weighted by molar-refractivity contribution is 6.05. The Morgan fingerprint density at radius 2 is 1.66 bits per heavy atom. The molecule has 29 heavy (non-hydrogen) atoms. The van der Waals surface area contributed by atoms with Gasteiger partial charge in [-0.3, -0.25) is 4.79 Å². The molecule has 152 valence electrons. The van der Waals surface area contributed by atoms with Crippen LogP contribution < -0.4 is 16.0 Å². The van der Waals surface area contributed by atoms with Crippen molar-refractivity contribution in [1.29, 1.82) is 0 Å². The van der Waals surface area contributed by atoms with Gasteiger partial charge < -0.3 is 20.9 Å². The van der Waals surface area contributed by atoms with Crippen molar-refractivity contribution in [3.63, 3.8) is 0 Å². The largest absolute Gasteiger partial charge is 0.335 e. The Labute approximate surface area is 171 Å². The van der Waals surface area contributed by atoms with E-state index in [1.54, 1.807) is 12.1 Å². The van der Waals surface area contributed by atoms with Gasteiger partial charge in [0.1, 0.15) is 0 Å².